The van der Waals surface area contributed by atoms with Crippen LogP contribution in [-0.4, -0.2) is 7.11 Å². The molecule has 0 amide bonds. The summed E-state index contributed by atoms with van der Waals surface area (Å²) in [6.07, 6.45) is 6.64. The molecule has 58 valence electrons. The van der Waals surface area contributed by atoms with Crippen molar-refractivity contribution in [3.05, 3.63) is 25.0 Å². The molecule has 0 aromatic rings. The van der Waals surface area contributed by atoms with E-state index in [2.05, 4.69) is 20.4 Å². The Balaban J connectivity index is 3.84. The van der Waals surface area contributed by atoms with Crippen molar-refractivity contribution in [3.8, 4) is 0 Å². The van der Waals surface area contributed by atoms with Crippen LogP contribution < -0.4 is 0 Å². The van der Waals surface area contributed by atoms with Gasteiger partial charge in [0.15, 0.2) is 0 Å². The van der Waals surface area contributed by atoms with Crippen LogP contribution in [0.3, 0.4) is 0 Å². The van der Waals surface area contributed by atoms with Gasteiger partial charge in [-0.25, -0.2) is 0 Å². The molecule has 0 radical (unpaired) electrons. The zero-order chi connectivity index (χ0) is 8.04. The molecule has 0 aliphatic carbocycles. The zero-order valence-electron chi connectivity index (χ0n) is 7.05. The van der Waals surface area contributed by atoms with E-state index in [9.17, 15) is 0 Å². The molecule has 0 heterocycles. The van der Waals surface area contributed by atoms with Gasteiger partial charge in [-0.1, -0.05) is 19.9 Å². The first-order valence-electron chi connectivity index (χ1n) is 3.44. The van der Waals surface area contributed by atoms with Crippen LogP contribution in [0.5, 0.6) is 0 Å². The third-order valence-electron chi connectivity index (χ3n) is 1.33. The van der Waals surface area contributed by atoms with Gasteiger partial charge >= 0.3 is 0 Å². The van der Waals surface area contributed by atoms with E-state index in [1.165, 1.54) is 0 Å². The summed E-state index contributed by atoms with van der Waals surface area (Å²) in [6, 6.07) is 0. The first kappa shape index (κ1) is 9.28. The van der Waals surface area contributed by atoms with Crippen LogP contribution in [0.25, 0.3) is 0 Å². The molecule has 10 heavy (non-hydrogen) atoms. The van der Waals surface area contributed by atoms with Crippen LogP contribution in [0.2, 0.25) is 0 Å². The highest BCUT2D eigenvalue weighted by Gasteiger charge is 2.10. The molecule has 0 aromatic heterocycles. The van der Waals surface area contributed by atoms with Gasteiger partial charge in [0.05, 0.1) is 13.4 Å². The quantitative estimate of drug-likeness (QED) is 0.431. The van der Waals surface area contributed by atoms with Gasteiger partial charge in [0.1, 0.15) is 0 Å². The highest BCUT2D eigenvalue weighted by Crippen LogP contribution is 2.21. The molecule has 0 aliphatic heterocycles. The smallest absolute Gasteiger partial charge is 0.0790 e. The summed E-state index contributed by atoms with van der Waals surface area (Å²) in [4.78, 5) is 0. The molecular weight excluding hydrogens is 124 g/mol. The maximum atomic E-state index is 4.81. The van der Waals surface area contributed by atoms with E-state index in [-0.39, 0.29) is 5.41 Å². The van der Waals surface area contributed by atoms with E-state index in [1.807, 2.05) is 12.2 Å². The summed E-state index contributed by atoms with van der Waals surface area (Å²) < 4.78 is 4.81. The van der Waals surface area contributed by atoms with Crippen LogP contribution in [-0.2, 0) is 4.74 Å². The first-order chi connectivity index (χ1) is 4.62. The summed E-state index contributed by atoms with van der Waals surface area (Å²) in [5, 5.41) is 0. The Hall–Kier alpha value is -0.720. The van der Waals surface area contributed by atoms with Crippen molar-refractivity contribution in [1.29, 1.82) is 0 Å². The lowest BCUT2D eigenvalue weighted by Crippen LogP contribution is -2.04. The van der Waals surface area contributed by atoms with Crippen molar-refractivity contribution >= 4 is 0 Å². The van der Waals surface area contributed by atoms with E-state index in [0.717, 1.165) is 6.42 Å². The van der Waals surface area contributed by atoms with E-state index in [0.29, 0.717) is 0 Å². The van der Waals surface area contributed by atoms with Gasteiger partial charge in [0, 0.05) is 0 Å². The summed E-state index contributed by atoms with van der Waals surface area (Å²) in [7, 11) is 1.65. The average molecular weight is 140 g/mol. The lowest BCUT2D eigenvalue weighted by molar-refractivity contribution is 0.326. The van der Waals surface area contributed by atoms with E-state index in [1.54, 1.807) is 13.4 Å². The molecule has 0 atom stereocenters. The maximum Gasteiger partial charge on any atom is 0.0790 e. The van der Waals surface area contributed by atoms with Crippen LogP contribution in [0.1, 0.15) is 20.3 Å². The van der Waals surface area contributed by atoms with E-state index >= 15 is 0 Å². The molecule has 1 heteroatoms. The Morgan fingerprint density at radius 3 is 2.50 bits per heavy atom. The van der Waals surface area contributed by atoms with Crippen molar-refractivity contribution in [2.75, 3.05) is 7.11 Å². The van der Waals surface area contributed by atoms with E-state index in [4.69, 9.17) is 4.74 Å². The summed E-state index contributed by atoms with van der Waals surface area (Å²) >= 11 is 0. The lowest BCUT2D eigenvalue weighted by atomic mass is 9.90. The van der Waals surface area contributed by atoms with Crippen LogP contribution >= 0.6 is 0 Å². The zero-order valence-corrected chi connectivity index (χ0v) is 7.05. The largest absolute Gasteiger partial charge is 0.505 e. The topological polar surface area (TPSA) is 9.23 Å². The molecule has 0 spiro atoms. The van der Waals surface area contributed by atoms with Crippen molar-refractivity contribution in [3.63, 3.8) is 0 Å². The Morgan fingerprint density at radius 1 is 1.50 bits per heavy atom. The fourth-order valence-electron chi connectivity index (χ4n) is 0.692. The molecule has 0 rings (SSSR count). The Labute approximate surface area is 63.4 Å². The maximum absolute atomic E-state index is 4.81. The van der Waals surface area contributed by atoms with Crippen molar-refractivity contribution in [1.82, 2.24) is 0 Å². The normalized spacial score (nSPS) is 11.9. The number of allylic oxidation sites excluding steroid dienone is 2. The molecule has 1 nitrogen and oxygen atoms in total. The van der Waals surface area contributed by atoms with Crippen molar-refractivity contribution in [2.45, 2.75) is 20.3 Å². The fraction of sp³-hybridized carbons (Fsp3) is 0.556. The molecule has 0 unspecified atom stereocenters. The second kappa shape index (κ2) is 4.15. The Morgan fingerprint density at radius 2 is 2.10 bits per heavy atom. The standard InChI is InChI=1S/C9H16O/c1-5-6-9(2,3)7-8-10-4/h5,7-8H,1,6H2,2-4H3/b8-7+. The molecule has 0 saturated heterocycles. The molecule has 0 aromatic carbocycles. The van der Waals surface area contributed by atoms with Crippen LogP contribution in [0.15, 0.2) is 25.0 Å². The van der Waals surface area contributed by atoms with Gasteiger partial charge in [-0.05, 0) is 17.9 Å². The number of methoxy groups -OCH3 is 1. The molecule has 0 saturated carbocycles. The number of ether oxygens (including phenoxy) is 1. The second-order valence-electron chi connectivity index (χ2n) is 3.02. The minimum atomic E-state index is 0.178. The Bertz CT molecular complexity index is 123. The number of rotatable bonds is 4. The molecular formula is C9H16O. The molecule has 0 aliphatic rings. The van der Waals surface area contributed by atoms with Gasteiger partial charge in [-0.3, -0.25) is 0 Å². The highest BCUT2D eigenvalue weighted by atomic mass is 16.5. The number of hydrogen-bond acceptors (Lipinski definition) is 1. The van der Waals surface area contributed by atoms with Crippen LogP contribution in [0, 0.1) is 5.41 Å². The predicted octanol–water partition coefficient (Wildman–Crippen LogP) is 2.75. The third kappa shape index (κ3) is 4.19. The monoisotopic (exact) mass is 140 g/mol. The number of hydrogen-bond donors (Lipinski definition) is 0. The second-order valence-corrected chi connectivity index (χ2v) is 3.02. The van der Waals surface area contributed by atoms with Crippen molar-refractivity contribution in [2.24, 2.45) is 5.41 Å². The van der Waals surface area contributed by atoms with Gasteiger partial charge in [0.25, 0.3) is 0 Å². The third-order valence-corrected chi connectivity index (χ3v) is 1.33. The summed E-state index contributed by atoms with van der Waals surface area (Å²) in [6.45, 7) is 7.97. The fourth-order valence-corrected chi connectivity index (χ4v) is 0.692. The summed E-state index contributed by atoms with van der Waals surface area (Å²) in [5.74, 6) is 0. The van der Waals surface area contributed by atoms with Gasteiger partial charge in [0.2, 0.25) is 0 Å². The van der Waals surface area contributed by atoms with Crippen LogP contribution in [0.4, 0.5) is 0 Å². The first-order valence-corrected chi connectivity index (χ1v) is 3.44. The molecule has 0 bridgehead atoms. The summed E-state index contributed by atoms with van der Waals surface area (Å²) in [5.41, 5.74) is 0.178. The molecule has 0 N–H and O–H groups in total. The molecule has 0 fully saturated rings. The minimum absolute atomic E-state index is 0.178. The predicted molar refractivity (Wildman–Crippen MR) is 44.7 cm³/mol. The van der Waals surface area contributed by atoms with Gasteiger partial charge < -0.3 is 4.74 Å². The van der Waals surface area contributed by atoms with Gasteiger partial charge in [-0.2, -0.15) is 0 Å². The Kier molecular flexibility index (Phi) is 3.85. The highest BCUT2D eigenvalue weighted by molar-refractivity contribution is 4.94. The average Bonchev–Trinajstić information content (AvgIpc) is 1.84. The minimum Gasteiger partial charge on any atom is -0.505 e. The SMILES string of the molecule is C=CCC(C)(C)/C=C/OC. The van der Waals surface area contributed by atoms with E-state index < -0.39 is 0 Å². The van der Waals surface area contributed by atoms with Crippen molar-refractivity contribution < 1.29 is 4.74 Å². The van der Waals surface area contributed by atoms with Gasteiger partial charge in [-0.15, -0.1) is 6.58 Å². The lowest BCUT2D eigenvalue weighted by Gasteiger charge is -2.16.